The Morgan fingerprint density at radius 1 is 1.59 bits per heavy atom. The fourth-order valence-electron chi connectivity index (χ4n) is 2.22. The molecule has 1 saturated carbocycles. The van der Waals surface area contributed by atoms with Crippen molar-refractivity contribution < 1.29 is 14.6 Å². The number of pyridine rings is 1. The van der Waals surface area contributed by atoms with Crippen LogP contribution in [0.1, 0.15) is 50.0 Å². The van der Waals surface area contributed by atoms with Crippen molar-refractivity contribution in [2.75, 3.05) is 13.2 Å². The van der Waals surface area contributed by atoms with E-state index in [-0.39, 0.29) is 18.2 Å². The Morgan fingerprint density at radius 2 is 2.32 bits per heavy atom. The molecule has 1 aliphatic carbocycles. The molecule has 1 fully saturated rings. The molecule has 1 heterocycles. The van der Waals surface area contributed by atoms with E-state index in [0.29, 0.717) is 29.7 Å². The smallest absolute Gasteiger partial charge is 0.270 e. The molecule has 1 aliphatic rings. The van der Waals surface area contributed by atoms with E-state index in [1.165, 1.54) is 19.0 Å². The first-order valence-corrected chi connectivity index (χ1v) is 8.07. The number of hydrogen-bond donors (Lipinski definition) is 2. The van der Waals surface area contributed by atoms with Crippen molar-refractivity contribution in [3.8, 4) is 5.75 Å². The van der Waals surface area contributed by atoms with Gasteiger partial charge in [0.2, 0.25) is 0 Å². The van der Waals surface area contributed by atoms with Gasteiger partial charge in [0.25, 0.3) is 5.91 Å². The van der Waals surface area contributed by atoms with E-state index in [0.717, 1.165) is 6.42 Å². The maximum Gasteiger partial charge on any atom is 0.270 e. The van der Waals surface area contributed by atoms with Gasteiger partial charge in [-0.3, -0.25) is 4.79 Å². The fraction of sp³-hybridized carbons (Fsp3) is 0.625. The highest BCUT2D eigenvalue weighted by Gasteiger charge is 2.26. The summed E-state index contributed by atoms with van der Waals surface area (Å²) in [5.41, 5.74) is -0.409. The molecule has 2 N–H and O–H groups in total. The standard InChI is InChI=1S/C16H23ClN2O3/c1-3-6-16(2,10-20)19-15(21)13-7-14(12(17)8-18-13)22-9-11-4-5-11/h7-8,11,20H,3-6,9-10H2,1-2H3,(H,19,21). The zero-order valence-corrected chi connectivity index (χ0v) is 13.8. The van der Waals surface area contributed by atoms with Gasteiger partial charge in [-0.05, 0) is 32.1 Å². The Hall–Kier alpha value is -1.33. The molecule has 0 aliphatic heterocycles. The molecule has 1 atom stereocenters. The molecule has 122 valence electrons. The first-order valence-electron chi connectivity index (χ1n) is 7.69. The monoisotopic (exact) mass is 326 g/mol. The lowest BCUT2D eigenvalue weighted by atomic mass is 9.97. The van der Waals surface area contributed by atoms with Crippen LogP contribution in [0.2, 0.25) is 5.02 Å². The van der Waals surface area contributed by atoms with Crippen molar-refractivity contribution in [2.45, 2.75) is 45.1 Å². The average Bonchev–Trinajstić information content (AvgIpc) is 3.30. The van der Waals surface area contributed by atoms with Gasteiger partial charge in [0.1, 0.15) is 16.5 Å². The quantitative estimate of drug-likeness (QED) is 0.770. The zero-order chi connectivity index (χ0) is 16.2. The van der Waals surface area contributed by atoms with Gasteiger partial charge in [-0.2, -0.15) is 0 Å². The predicted molar refractivity (Wildman–Crippen MR) is 85.3 cm³/mol. The van der Waals surface area contributed by atoms with Crippen molar-refractivity contribution in [1.29, 1.82) is 0 Å². The average molecular weight is 327 g/mol. The molecule has 0 spiro atoms. The van der Waals surface area contributed by atoms with Crippen LogP contribution in [-0.4, -0.2) is 34.8 Å². The van der Waals surface area contributed by atoms with Crippen molar-refractivity contribution in [2.24, 2.45) is 5.92 Å². The van der Waals surface area contributed by atoms with Crippen LogP contribution in [-0.2, 0) is 0 Å². The van der Waals surface area contributed by atoms with Gasteiger partial charge in [-0.15, -0.1) is 0 Å². The van der Waals surface area contributed by atoms with E-state index in [9.17, 15) is 9.90 Å². The van der Waals surface area contributed by atoms with Gasteiger partial charge in [-0.1, -0.05) is 24.9 Å². The summed E-state index contributed by atoms with van der Waals surface area (Å²) in [6.45, 7) is 4.32. The number of aliphatic hydroxyl groups is 1. The molecule has 1 aromatic heterocycles. The number of aromatic nitrogens is 1. The van der Waals surface area contributed by atoms with Crippen molar-refractivity contribution in [3.63, 3.8) is 0 Å². The number of amides is 1. The van der Waals surface area contributed by atoms with E-state index >= 15 is 0 Å². The van der Waals surface area contributed by atoms with E-state index < -0.39 is 5.54 Å². The van der Waals surface area contributed by atoms with Gasteiger partial charge in [0.05, 0.1) is 24.9 Å². The molecule has 2 rings (SSSR count). The first kappa shape index (κ1) is 17.0. The summed E-state index contributed by atoms with van der Waals surface area (Å²) in [4.78, 5) is 16.4. The van der Waals surface area contributed by atoms with Crippen LogP contribution >= 0.6 is 11.6 Å². The second-order valence-electron chi connectivity index (χ2n) is 6.18. The maximum absolute atomic E-state index is 12.3. The van der Waals surface area contributed by atoms with E-state index in [2.05, 4.69) is 10.3 Å². The van der Waals surface area contributed by atoms with E-state index in [1.807, 2.05) is 13.8 Å². The maximum atomic E-state index is 12.3. The molecule has 6 heteroatoms. The minimum Gasteiger partial charge on any atom is -0.492 e. The Labute approximate surface area is 136 Å². The normalized spacial score (nSPS) is 16.9. The number of halogens is 1. The summed E-state index contributed by atoms with van der Waals surface area (Å²) in [5.74, 6) is 0.747. The number of aliphatic hydroxyl groups excluding tert-OH is 1. The van der Waals surface area contributed by atoms with Crippen LogP contribution in [0.25, 0.3) is 0 Å². The highest BCUT2D eigenvalue weighted by atomic mass is 35.5. The van der Waals surface area contributed by atoms with Crippen LogP contribution in [0.3, 0.4) is 0 Å². The molecular formula is C16H23ClN2O3. The molecule has 1 amide bonds. The molecular weight excluding hydrogens is 304 g/mol. The fourth-order valence-corrected chi connectivity index (χ4v) is 2.38. The van der Waals surface area contributed by atoms with E-state index in [4.69, 9.17) is 16.3 Å². The minimum absolute atomic E-state index is 0.120. The summed E-state index contributed by atoms with van der Waals surface area (Å²) in [6.07, 6.45) is 5.34. The lowest BCUT2D eigenvalue weighted by Gasteiger charge is -2.28. The molecule has 0 bridgehead atoms. The van der Waals surface area contributed by atoms with Crippen LogP contribution in [0.4, 0.5) is 0 Å². The third-order valence-corrected chi connectivity index (χ3v) is 4.07. The van der Waals surface area contributed by atoms with Gasteiger partial charge in [-0.25, -0.2) is 4.98 Å². The summed E-state index contributed by atoms with van der Waals surface area (Å²) < 4.78 is 5.65. The van der Waals surface area contributed by atoms with Crippen molar-refractivity contribution >= 4 is 17.5 Å². The summed E-state index contributed by atoms with van der Waals surface area (Å²) in [7, 11) is 0. The van der Waals surface area contributed by atoms with Crippen LogP contribution in [0, 0.1) is 5.92 Å². The first-order chi connectivity index (χ1) is 10.5. The van der Waals surface area contributed by atoms with Gasteiger partial charge >= 0.3 is 0 Å². The van der Waals surface area contributed by atoms with Gasteiger partial charge < -0.3 is 15.2 Å². The molecule has 0 radical (unpaired) electrons. The number of ether oxygens (including phenoxy) is 1. The molecule has 1 aromatic rings. The molecule has 5 nitrogen and oxygen atoms in total. The summed E-state index contributed by atoms with van der Waals surface area (Å²) in [5, 5.41) is 12.7. The lowest BCUT2D eigenvalue weighted by Crippen LogP contribution is -2.49. The summed E-state index contributed by atoms with van der Waals surface area (Å²) in [6, 6.07) is 1.56. The summed E-state index contributed by atoms with van der Waals surface area (Å²) >= 11 is 6.06. The molecule has 0 saturated heterocycles. The third-order valence-electron chi connectivity index (χ3n) is 3.79. The highest BCUT2D eigenvalue weighted by Crippen LogP contribution is 2.31. The van der Waals surface area contributed by atoms with Crippen LogP contribution < -0.4 is 10.1 Å². The molecule has 1 unspecified atom stereocenters. The van der Waals surface area contributed by atoms with Gasteiger partial charge in [0, 0.05) is 6.07 Å². The SMILES string of the molecule is CCCC(C)(CO)NC(=O)c1cc(OCC2CC2)c(Cl)cn1. The Morgan fingerprint density at radius 3 is 2.91 bits per heavy atom. The Kier molecular flexibility index (Phi) is 5.64. The minimum atomic E-state index is -0.651. The number of nitrogens with one attached hydrogen (secondary N) is 1. The molecule has 0 aromatic carbocycles. The number of hydrogen-bond acceptors (Lipinski definition) is 4. The van der Waals surface area contributed by atoms with E-state index in [1.54, 1.807) is 6.07 Å². The van der Waals surface area contributed by atoms with Crippen LogP contribution in [0.5, 0.6) is 5.75 Å². The Balaban J connectivity index is 2.06. The number of carbonyl (C=O) groups excluding carboxylic acids is 1. The Bertz CT molecular complexity index is 534. The predicted octanol–water partition coefficient (Wildman–Crippen LogP) is 2.80. The number of rotatable bonds is 8. The second-order valence-corrected chi connectivity index (χ2v) is 6.58. The zero-order valence-electron chi connectivity index (χ0n) is 13.1. The lowest BCUT2D eigenvalue weighted by molar-refractivity contribution is 0.0835. The number of carbonyl (C=O) groups is 1. The van der Waals surface area contributed by atoms with Crippen molar-refractivity contribution in [1.82, 2.24) is 10.3 Å². The van der Waals surface area contributed by atoms with Crippen molar-refractivity contribution in [3.05, 3.63) is 23.0 Å². The van der Waals surface area contributed by atoms with Gasteiger partial charge in [0.15, 0.2) is 0 Å². The third kappa shape index (κ3) is 4.58. The van der Waals surface area contributed by atoms with Crippen LogP contribution in [0.15, 0.2) is 12.3 Å². The number of nitrogens with zero attached hydrogens (tertiary/aromatic N) is 1. The topological polar surface area (TPSA) is 71.5 Å². The highest BCUT2D eigenvalue weighted by molar-refractivity contribution is 6.32. The largest absolute Gasteiger partial charge is 0.492 e. The second kappa shape index (κ2) is 7.29. The molecule has 22 heavy (non-hydrogen) atoms.